The number of fused-ring (bicyclic) bond motifs is 1. The van der Waals surface area contributed by atoms with Gasteiger partial charge in [0, 0.05) is 12.2 Å². The molecule has 4 aromatic carbocycles. The lowest BCUT2D eigenvalue weighted by Gasteiger charge is -2.22. The van der Waals surface area contributed by atoms with Crippen molar-refractivity contribution in [3.05, 3.63) is 95.6 Å². The fourth-order valence-electron chi connectivity index (χ4n) is 4.94. The van der Waals surface area contributed by atoms with E-state index in [4.69, 9.17) is 5.14 Å². The number of benzene rings is 4. The zero-order chi connectivity index (χ0) is 29.0. The van der Waals surface area contributed by atoms with Gasteiger partial charge in [-0.3, -0.25) is 4.79 Å². The molecule has 0 aromatic heterocycles. The lowest BCUT2D eigenvalue weighted by molar-refractivity contribution is -0.114. The summed E-state index contributed by atoms with van der Waals surface area (Å²) in [7, 11) is 0.764. The normalized spacial score (nSPS) is 13.2. The average Bonchev–Trinajstić information content (AvgIpc) is 2.91. The molecule has 0 aliphatic carbocycles. The Kier molecular flexibility index (Phi) is 9.08. The fraction of sp³-hybridized carbons (Fsp3) is 0.303. The summed E-state index contributed by atoms with van der Waals surface area (Å²) in [5.74, 6) is -0.0118. The second-order valence-electron chi connectivity index (χ2n) is 11.2. The molecule has 0 heterocycles. The van der Waals surface area contributed by atoms with Crippen LogP contribution in [0.15, 0.2) is 88.1 Å². The summed E-state index contributed by atoms with van der Waals surface area (Å²) in [6.45, 7) is 8.96. The first-order chi connectivity index (χ1) is 19.0. The highest BCUT2D eigenvalue weighted by atomic mass is 32.2. The minimum absolute atomic E-state index is 0.166. The number of carbonyl (C=O) groups is 1. The zero-order valence-electron chi connectivity index (χ0n) is 24.3. The summed E-state index contributed by atoms with van der Waals surface area (Å²) in [6.07, 6.45) is 0. The predicted molar refractivity (Wildman–Crippen MR) is 168 cm³/mol. The maximum atomic E-state index is 13.2. The fourth-order valence-corrected chi connectivity index (χ4v) is 5.92. The minimum atomic E-state index is -3.21. The van der Waals surface area contributed by atoms with E-state index in [0.29, 0.717) is 4.90 Å². The molecular formula is C33H40N4O2S. The van der Waals surface area contributed by atoms with Gasteiger partial charge in [0.2, 0.25) is 5.91 Å². The largest absolute Gasteiger partial charge is 0.324 e. The number of nitrogens with zero attached hydrogens (tertiary/aromatic N) is 2. The van der Waals surface area contributed by atoms with Crippen LogP contribution in [0.3, 0.4) is 0 Å². The second-order valence-corrected chi connectivity index (χ2v) is 13.0. The highest BCUT2D eigenvalue weighted by Crippen LogP contribution is 2.39. The van der Waals surface area contributed by atoms with E-state index in [2.05, 4.69) is 96.9 Å². The smallest absolute Gasteiger partial charge is 0.246 e. The quantitative estimate of drug-likeness (QED) is 0.229. The van der Waals surface area contributed by atoms with Crippen molar-refractivity contribution in [2.75, 3.05) is 26.0 Å². The van der Waals surface area contributed by atoms with Gasteiger partial charge in [-0.15, -0.1) is 0 Å². The number of carbonyl (C=O) groups excluding carboxylic acids is 1. The molecule has 4 aromatic rings. The van der Waals surface area contributed by atoms with Crippen LogP contribution in [0.1, 0.15) is 56.2 Å². The topological polar surface area (TPSA) is 87.8 Å². The van der Waals surface area contributed by atoms with E-state index in [1.54, 1.807) is 12.1 Å². The third kappa shape index (κ3) is 6.78. The molecule has 0 spiro atoms. The maximum Gasteiger partial charge on any atom is 0.246 e. The Hall–Kier alpha value is -3.52. The Morgan fingerprint density at radius 2 is 1.50 bits per heavy atom. The van der Waals surface area contributed by atoms with E-state index in [1.807, 2.05) is 26.2 Å². The number of hydrogen-bond acceptors (Lipinski definition) is 4. The third-order valence-corrected chi connectivity index (χ3v) is 8.43. The van der Waals surface area contributed by atoms with Crippen LogP contribution in [0, 0.1) is 0 Å². The Balaban J connectivity index is 1.65. The molecule has 0 fully saturated rings. The summed E-state index contributed by atoms with van der Waals surface area (Å²) in [6, 6.07) is 26.3. The average molecular weight is 557 g/mol. The van der Waals surface area contributed by atoms with Gasteiger partial charge in [-0.1, -0.05) is 82.3 Å². The van der Waals surface area contributed by atoms with Gasteiger partial charge in [-0.2, -0.15) is 0 Å². The predicted octanol–water partition coefficient (Wildman–Crippen LogP) is 7.15. The molecule has 0 aliphatic heterocycles. The summed E-state index contributed by atoms with van der Waals surface area (Å²) in [5.41, 5.74) is 6.26. The second kappa shape index (κ2) is 12.3. The molecule has 1 amide bonds. The first-order valence-electron chi connectivity index (χ1n) is 13.7. The molecule has 40 heavy (non-hydrogen) atoms. The van der Waals surface area contributed by atoms with Crippen LogP contribution in [0.4, 0.5) is 5.69 Å². The molecular weight excluding hydrogens is 516 g/mol. The molecule has 0 saturated carbocycles. The molecule has 0 radical (unpaired) electrons. The van der Waals surface area contributed by atoms with Crippen molar-refractivity contribution in [1.82, 2.24) is 4.90 Å². The third-order valence-electron chi connectivity index (χ3n) is 6.97. The highest BCUT2D eigenvalue weighted by molar-refractivity contribution is 7.91. The Morgan fingerprint density at radius 1 is 0.900 bits per heavy atom. The first-order valence-corrected chi connectivity index (χ1v) is 15.2. The van der Waals surface area contributed by atoms with Crippen molar-refractivity contribution in [3.8, 4) is 11.1 Å². The van der Waals surface area contributed by atoms with E-state index in [0.717, 1.165) is 40.0 Å². The summed E-state index contributed by atoms with van der Waals surface area (Å²) in [5, 5.41) is 11.6. The van der Waals surface area contributed by atoms with Crippen molar-refractivity contribution in [1.29, 1.82) is 0 Å². The van der Waals surface area contributed by atoms with Crippen molar-refractivity contribution in [2.45, 2.75) is 51.0 Å². The first kappa shape index (κ1) is 29.5. The van der Waals surface area contributed by atoms with E-state index in [-0.39, 0.29) is 24.3 Å². The van der Waals surface area contributed by atoms with Crippen LogP contribution in [0.25, 0.3) is 21.9 Å². The molecule has 1 unspecified atom stereocenters. The van der Waals surface area contributed by atoms with Crippen LogP contribution in [0.2, 0.25) is 0 Å². The van der Waals surface area contributed by atoms with Crippen molar-refractivity contribution in [3.63, 3.8) is 0 Å². The van der Waals surface area contributed by atoms with Gasteiger partial charge >= 0.3 is 0 Å². The number of rotatable bonds is 9. The zero-order valence-corrected chi connectivity index (χ0v) is 25.1. The molecule has 210 valence electrons. The lowest BCUT2D eigenvalue weighted by atomic mass is 9.87. The van der Waals surface area contributed by atoms with Crippen molar-refractivity contribution in [2.24, 2.45) is 9.50 Å². The molecule has 0 saturated heterocycles. The molecule has 3 N–H and O–H groups in total. The maximum absolute atomic E-state index is 13.2. The molecule has 1 atom stereocenters. The SMILES string of the molecule is CC(C)c1cc(-c2cccc3ccccc23)cc(C(C)C)c1NC(=O)CN=S(N)(=O)c1ccc(CN(C)C)cc1. The Labute approximate surface area is 238 Å². The monoisotopic (exact) mass is 556 g/mol. The highest BCUT2D eigenvalue weighted by Gasteiger charge is 2.20. The van der Waals surface area contributed by atoms with Gasteiger partial charge in [0.05, 0.1) is 4.90 Å². The van der Waals surface area contributed by atoms with Crippen LogP contribution in [0.5, 0.6) is 0 Å². The molecule has 7 heteroatoms. The van der Waals surface area contributed by atoms with Crippen molar-refractivity contribution < 1.29 is 9.00 Å². The van der Waals surface area contributed by atoms with Crippen LogP contribution in [-0.2, 0) is 21.3 Å². The Bertz CT molecular complexity index is 1600. The lowest BCUT2D eigenvalue weighted by Crippen LogP contribution is -2.21. The summed E-state index contributed by atoms with van der Waals surface area (Å²) in [4.78, 5) is 15.6. The van der Waals surface area contributed by atoms with E-state index < -0.39 is 9.92 Å². The van der Waals surface area contributed by atoms with Gasteiger partial charge in [0.25, 0.3) is 0 Å². The van der Waals surface area contributed by atoms with E-state index in [9.17, 15) is 9.00 Å². The number of amides is 1. The number of anilines is 1. The molecule has 4 rings (SSSR count). The van der Waals surface area contributed by atoms with E-state index >= 15 is 0 Å². The minimum Gasteiger partial charge on any atom is -0.324 e. The number of nitrogens with two attached hydrogens (primary N) is 1. The molecule has 0 bridgehead atoms. The van der Waals surface area contributed by atoms with Gasteiger partial charge in [0.1, 0.15) is 16.5 Å². The van der Waals surface area contributed by atoms with Gasteiger partial charge in [-0.05, 0) is 88.8 Å². The number of hydrogen-bond donors (Lipinski definition) is 2. The van der Waals surface area contributed by atoms with Crippen LogP contribution >= 0.6 is 0 Å². The van der Waals surface area contributed by atoms with Gasteiger partial charge in [-0.25, -0.2) is 13.7 Å². The Morgan fingerprint density at radius 3 is 2.10 bits per heavy atom. The van der Waals surface area contributed by atoms with Crippen molar-refractivity contribution >= 4 is 32.3 Å². The summed E-state index contributed by atoms with van der Waals surface area (Å²) < 4.78 is 17.3. The van der Waals surface area contributed by atoms with E-state index in [1.165, 1.54) is 10.8 Å². The van der Waals surface area contributed by atoms with Crippen LogP contribution < -0.4 is 10.5 Å². The molecule has 0 aliphatic rings. The van der Waals surface area contributed by atoms with Gasteiger partial charge in [0.15, 0.2) is 0 Å². The number of nitrogens with one attached hydrogen (secondary N) is 1. The standard InChI is InChI=1S/C33H40N4O2S/c1-22(2)30-18-26(29-13-9-11-25-10-7-8-12-28(25)29)19-31(23(3)4)33(30)36-32(38)20-35-40(34,39)27-16-14-24(15-17-27)21-37(5)6/h7-19,22-23H,20-21H2,1-6H3,(H,36,38)(H2,34,35,39). The van der Waals surface area contributed by atoms with Gasteiger partial charge < -0.3 is 10.2 Å². The van der Waals surface area contributed by atoms with Crippen LogP contribution in [-0.4, -0.2) is 35.7 Å². The molecule has 6 nitrogen and oxygen atoms in total. The summed E-state index contributed by atoms with van der Waals surface area (Å²) >= 11 is 0.